The van der Waals surface area contributed by atoms with Crippen molar-refractivity contribution in [3.05, 3.63) is 11.8 Å². The zero-order chi connectivity index (χ0) is 18.3. The molecule has 1 N–H and O–H groups in total. The first-order valence-electron chi connectivity index (χ1n) is 8.85. The first-order chi connectivity index (χ1) is 12.0. The van der Waals surface area contributed by atoms with Gasteiger partial charge < -0.3 is 14.6 Å². The fourth-order valence-electron chi connectivity index (χ4n) is 2.99. The molecule has 8 heteroatoms. The fourth-order valence-corrected chi connectivity index (χ4v) is 3.52. The van der Waals surface area contributed by atoms with Gasteiger partial charge in [-0.1, -0.05) is 32.3 Å². The summed E-state index contributed by atoms with van der Waals surface area (Å²) >= 11 is 1.15. The number of hydrogen-bond acceptors (Lipinski definition) is 6. The average Bonchev–Trinajstić information content (AvgIpc) is 3.02. The van der Waals surface area contributed by atoms with Gasteiger partial charge in [0, 0.05) is 18.9 Å². The molecule has 7 nitrogen and oxygen atoms in total. The molecule has 140 valence electrons. The van der Waals surface area contributed by atoms with E-state index in [1.807, 2.05) is 7.05 Å². The van der Waals surface area contributed by atoms with Crippen molar-refractivity contribution in [2.45, 2.75) is 52.2 Å². The molecule has 0 spiro atoms. The number of rotatable bonds is 9. The number of unbranched alkanes of at least 4 members (excludes halogenated alkanes) is 3. The lowest BCUT2D eigenvalue weighted by Crippen LogP contribution is -2.55. The predicted molar refractivity (Wildman–Crippen MR) is 96.6 cm³/mol. The first-order valence-corrected chi connectivity index (χ1v) is 9.58. The van der Waals surface area contributed by atoms with E-state index in [0.29, 0.717) is 23.5 Å². The normalized spacial score (nSPS) is 21.5. The Morgan fingerprint density at radius 1 is 1.40 bits per heavy atom. The van der Waals surface area contributed by atoms with E-state index < -0.39 is 12.4 Å². The number of carbonyl (C=O) groups is 1. The molecule has 0 saturated carbocycles. The van der Waals surface area contributed by atoms with Gasteiger partial charge in [-0.2, -0.15) is 4.37 Å². The van der Waals surface area contributed by atoms with Crippen molar-refractivity contribution in [1.82, 2.24) is 8.75 Å². The Hall–Kier alpha value is -1.67. The monoisotopic (exact) mass is 370 g/mol. The van der Waals surface area contributed by atoms with Gasteiger partial charge in [-0.15, -0.1) is 4.37 Å². The molecule has 1 aliphatic rings. The highest BCUT2D eigenvalue weighted by Gasteiger charge is 2.36. The van der Waals surface area contributed by atoms with Crippen LogP contribution < -0.4 is 4.74 Å². The van der Waals surface area contributed by atoms with E-state index in [1.54, 1.807) is 6.92 Å². The number of quaternary nitrogens is 1. The number of hydrogen-bond donors (Lipinski definition) is 1. The smallest absolute Gasteiger partial charge is 0.475 e. The summed E-state index contributed by atoms with van der Waals surface area (Å²) in [7, 11) is 2.01. The number of carboxylic acid groups (broad SMARTS) is 1. The summed E-state index contributed by atoms with van der Waals surface area (Å²) in [5, 5.41) is 8.89. The van der Waals surface area contributed by atoms with Gasteiger partial charge in [0.25, 0.3) is 5.88 Å². The van der Waals surface area contributed by atoms with Crippen LogP contribution in [-0.4, -0.2) is 57.5 Å². The molecule has 0 aromatic carbocycles. The van der Waals surface area contributed by atoms with Crippen molar-refractivity contribution in [2.75, 3.05) is 26.7 Å². The zero-order valence-electron chi connectivity index (χ0n) is 15.2. The highest BCUT2D eigenvalue weighted by Crippen LogP contribution is 2.31. The molecule has 0 radical (unpaired) electrons. The van der Waals surface area contributed by atoms with E-state index in [2.05, 4.69) is 21.7 Å². The van der Waals surface area contributed by atoms with Crippen molar-refractivity contribution in [1.29, 1.82) is 0 Å². The van der Waals surface area contributed by atoms with Gasteiger partial charge in [-0.05, 0) is 6.42 Å². The molecule has 1 aromatic heterocycles. The van der Waals surface area contributed by atoms with E-state index in [9.17, 15) is 4.79 Å². The third-order valence-corrected chi connectivity index (χ3v) is 5.22. The van der Waals surface area contributed by atoms with Crippen LogP contribution in [0, 0.1) is 0 Å². The topological polar surface area (TPSA) is 81.5 Å². The molecule has 0 saturated heterocycles. The lowest BCUT2D eigenvalue weighted by Gasteiger charge is -2.40. The second kappa shape index (κ2) is 9.15. The summed E-state index contributed by atoms with van der Waals surface area (Å²) in [6.45, 7) is 6.09. The summed E-state index contributed by atoms with van der Waals surface area (Å²) in [5.74, 6) is 0.591. The third kappa shape index (κ3) is 5.40. The van der Waals surface area contributed by atoms with Crippen molar-refractivity contribution >= 4 is 23.5 Å². The summed E-state index contributed by atoms with van der Waals surface area (Å²) in [4.78, 5) is 10.9. The molecule has 0 bridgehead atoms. The van der Waals surface area contributed by atoms with Gasteiger partial charge in [-0.25, -0.2) is 4.79 Å². The van der Waals surface area contributed by atoms with Crippen molar-refractivity contribution < 1.29 is 23.9 Å². The van der Waals surface area contributed by atoms with E-state index in [-0.39, 0.29) is 0 Å². The summed E-state index contributed by atoms with van der Waals surface area (Å²) in [6.07, 6.45) is 5.89. The molecule has 2 rings (SSSR count). The molecule has 0 fully saturated rings. The summed E-state index contributed by atoms with van der Waals surface area (Å²) in [5.41, 5.74) is 1.83. The number of ether oxygens (including phenoxy) is 2. The molecule has 1 aromatic rings. The standard InChI is InChI=1S/C17H27N3O4S/c1-4-5-6-7-11-23-16-15(18-25-19-16)14-9-8-10-20(3,12-14)13(2)24-17(21)22/h9,13H,4-8,10-12H2,1-3H3/p+1. The Balaban J connectivity index is 2.00. The second-order valence-corrected chi connectivity index (χ2v) is 7.22. The molecule has 1 aliphatic heterocycles. The number of aromatic nitrogens is 2. The maximum atomic E-state index is 10.9. The molecular formula is C17H28N3O4S+. The van der Waals surface area contributed by atoms with Crippen LogP contribution >= 0.6 is 11.7 Å². The minimum atomic E-state index is -1.24. The largest absolute Gasteiger partial charge is 0.510 e. The van der Waals surface area contributed by atoms with E-state index in [0.717, 1.165) is 48.8 Å². The molecular weight excluding hydrogens is 342 g/mol. The van der Waals surface area contributed by atoms with Gasteiger partial charge in [0.15, 0.2) is 0 Å². The van der Waals surface area contributed by atoms with Crippen molar-refractivity contribution in [2.24, 2.45) is 0 Å². The maximum absolute atomic E-state index is 10.9. The minimum absolute atomic E-state index is 0.439. The van der Waals surface area contributed by atoms with Gasteiger partial charge in [0.2, 0.25) is 6.23 Å². The summed E-state index contributed by atoms with van der Waals surface area (Å²) in [6, 6.07) is 0. The second-order valence-electron chi connectivity index (χ2n) is 6.69. The Kier molecular flexibility index (Phi) is 7.19. The number of nitrogens with zero attached hydrogens (tertiary/aromatic N) is 3. The molecule has 2 unspecified atom stereocenters. The van der Waals surface area contributed by atoms with Crippen LogP contribution in [0.15, 0.2) is 6.08 Å². The zero-order valence-corrected chi connectivity index (χ0v) is 16.0. The highest BCUT2D eigenvalue weighted by atomic mass is 32.1. The Morgan fingerprint density at radius 3 is 2.92 bits per heavy atom. The van der Waals surface area contributed by atoms with Crippen LogP contribution in [-0.2, 0) is 4.74 Å². The third-order valence-electron chi connectivity index (χ3n) is 4.71. The van der Waals surface area contributed by atoms with Crippen LogP contribution in [0.3, 0.4) is 0 Å². The van der Waals surface area contributed by atoms with Crippen LogP contribution in [0.2, 0.25) is 0 Å². The minimum Gasteiger partial charge on any atom is -0.475 e. The predicted octanol–water partition coefficient (Wildman–Crippen LogP) is 3.77. The number of likely N-dealkylation sites (N-methyl/N-ethyl adjacent to an activating group) is 1. The fraction of sp³-hybridized carbons (Fsp3) is 0.706. The van der Waals surface area contributed by atoms with Gasteiger partial charge in [0.1, 0.15) is 12.2 Å². The average molecular weight is 370 g/mol. The van der Waals surface area contributed by atoms with E-state index in [1.165, 1.54) is 12.8 Å². The lowest BCUT2D eigenvalue weighted by molar-refractivity contribution is -0.944. The van der Waals surface area contributed by atoms with Crippen LogP contribution in [0.5, 0.6) is 5.88 Å². The summed E-state index contributed by atoms with van der Waals surface area (Å²) < 4.78 is 20.0. The van der Waals surface area contributed by atoms with E-state index in [4.69, 9.17) is 14.6 Å². The van der Waals surface area contributed by atoms with Crippen molar-refractivity contribution in [3.8, 4) is 5.88 Å². The first kappa shape index (κ1) is 19.7. The SMILES string of the molecule is CCCCCCOc1nsnc1C1=CCC[N+](C)(C(C)OC(=O)O)C1. The van der Waals surface area contributed by atoms with Crippen LogP contribution in [0.1, 0.15) is 51.6 Å². The quantitative estimate of drug-likeness (QED) is 0.405. The maximum Gasteiger partial charge on any atom is 0.510 e. The van der Waals surface area contributed by atoms with E-state index >= 15 is 0 Å². The molecule has 2 heterocycles. The molecule has 25 heavy (non-hydrogen) atoms. The van der Waals surface area contributed by atoms with Crippen LogP contribution in [0.25, 0.3) is 5.57 Å². The lowest BCUT2D eigenvalue weighted by atomic mass is 10.0. The van der Waals surface area contributed by atoms with Gasteiger partial charge in [-0.3, -0.25) is 4.48 Å². The Bertz CT molecular complexity index is 604. The molecule has 0 aliphatic carbocycles. The Labute approximate surface area is 153 Å². The van der Waals surface area contributed by atoms with Gasteiger partial charge in [0.05, 0.1) is 31.9 Å². The van der Waals surface area contributed by atoms with Crippen LogP contribution in [0.4, 0.5) is 4.79 Å². The Morgan fingerprint density at radius 2 is 2.20 bits per heavy atom. The molecule has 0 amide bonds. The molecule has 2 atom stereocenters. The van der Waals surface area contributed by atoms with Gasteiger partial charge >= 0.3 is 6.16 Å². The van der Waals surface area contributed by atoms with Crippen molar-refractivity contribution in [3.63, 3.8) is 0 Å². The highest BCUT2D eigenvalue weighted by molar-refractivity contribution is 6.99.